The molecule has 0 bridgehead atoms. The summed E-state index contributed by atoms with van der Waals surface area (Å²) in [4.78, 5) is 0. The summed E-state index contributed by atoms with van der Waals surface area (Å²) in [6.45, 7) is 8.01. The van der Waals surface area contributed by atoms with Gasteiger partial charge in [0.15, 0.2) is 0 Å². The molecule has 1 heterocycles. The van der Waals surface area contributed by atoms with Crippen molar-refractivity contribution in [3.8, 4) is 5.69 Å². The van der Waals surface area contributed by atoms with Crippen LogP contribution in [0.25, 0.3) is 5.69 Å². The van der Waals surface area contributed by atoms with Crippen LogP contribution in [0.1, 0.15) is 30.7 Å². The largest absolute Gasteiger partial charge is 0.320 e. The zero-order valence-electron chi connectivity index (χ0n) is 10.7. The van der Waals surface area contributed by atoms with Gasteiger partial charge in [0.2, 0.25) is 0 Å². The number of aryl methyl sites for hydroxylation is 1. The highest BCUT2D eigenvalue weighted by molar-refractivity contribution is 5.44. The molecule has 0 amide bonds. The van der Waals surface area contributed by atoms with Gasteiger partial charge < -0.3 is 5.73 Å². The third-order valence-electron chi connectivity index (χ3n) is 2.98. The Morgan fingerprint density at radius 3 is 2.53 bits per heavy atom. The van der Waals surface area contributed by atoms with Crippen molar-refractivity contribution < 1.29 is 0 Å². The second-order valence-electron chi connectivity index (χ2n) is 4.99. The molecule has 2 N–H and O–H groups in total. The van der Waals surface area contributed by atoms with Crippen molar-refractivity contribution in [1.82, 2.24) is 15.0 Å². The molecule has 4 heteroatoms. The first kappa shape index (κ1) is 11.8. The second-order valence-corrected chi connectivity index (χ2v) is 4.99. The van der Waals surface area contributed by atoms with Crippen LogP contribution in [0.5, 0.6) is 0 Å². The lowest BCUT2D eigenvalue weighted by Gasteiger charge is -2.13. The summed E-state index contributed by atoms with van der Waals surface area (Å²) >= 11 is 0. The van der Waals surface area contributed by atoms with Crippen molar-refractivity contribution in [3.05, 3.63) is 41.2 Å². The number of nitrogens with zero attached hydrogens (tertiary/aromatic N) is 3. The summed E-state index contributed by atoms with van der Waals surface area (Å²) in [5.74, 6) is 0. The Morgan fingerprint density at radius 1 is 1.24 bits per heavy atom. The Hall–Kier alpha value is -1.68. The van der Waals surface area contributed by atoms with Gasteiger partial charge in [-0.2, -0.15) is 0 Å². The maximum absolute atomic E-state index is 6.00. The van der Waals surface area contributed by atoms with Gasteiger partial charge >= 0.3 is 0 Å². The van der Waals surface area contributed by atoms with E-state index in [0.29, 0.717) is 0 Å². The molecule has 17 heavy (non-hydrogen) atoms. The predicted octanol–water partition coefficient (Wildman–Crippen LogP) is 2.08. The van der Waals surface area contributed by atoms with Crippen LogP contribution in [0.3, 0.4) is 0 Å². The summed E-state index contributed by atoms with van der Waals surface area (Å²) in [6, 6.07) is 6.14. The molecule has 0 radical (unpaired) electrons. The molecule has 1 aromatic heterocycles. The van der Waals surface area contributed by atoms with Crippen LogP contribution in [0.15, 0.2) is 24.4 Å². The van der Waals surface area contributed by atoms with Crippen molar-refractivity contribution in [3.63, 3.8) is 0 Å². The van der Waals surface area contributed by atoms with Crippen LogP contribution < -0.4 is 5.73 Å². The maximum atomic E-state index is 6.00. The van der Waals surface area contributed by atoms with E-state index in [-0.39, 0.29) is 0 Å². The molecular formula is C13H18N4. The highest BCUT2D eigenvalue weighted by Gasteiger charge is 2.19. The van der Waals surface area contributed by atoms with E-state index in [2.05, 4.69) is 30.2 Å². The van der Waals surface area contributed by atoms with Crippen LogP contribution in [0, 0.1) is 13.8 Å². The Labute approximate surface area is 101 Å². The Kier molecular flexibility index (Phi) is 2.75. The van der Waals surface area contributed by atoms with E-state index in [4.69, 9.17) is 5.73 Å². The van der Waals surface area contributed by atoms with Crippen LogP contribution >= 0.6 is 0 Å². The van der Waals surface area contributed by atoms with Crippen molar-refractivity contribution in [2.45, 2.75) is 33.2 Å². The number of rotatable bonds is 2. The van der Waals surface area contributed by atoms with E-state index in [1.165, 1.54) is 11.1 Å². The van der Waals surface area contributed by atoms with Crippen molar-refractivity contribution in [2.75, 3.05) is 0 Å². The molecule has 0 aliphatic carbocycles. The molecule has 0 saturated carbocycles. The minimum absolute atomic E-state index is 0.462. The normalized spacial score (nSPS) is 11.8. The van der Waals surface area contributed by atoms with E-state index in [0.717, 1.165) is 11.4 Å². The van der Waals surface area contributed by atoms with E-state index >= 15 is 0 Å². The third-order valence-corrected chi connectivity index (χ3v) is 2.98. The van der Waals surface area contributed by atoms with Gasteiger partial charge in [0.25, 0.3) is 0 Å². The molecule has 4 nitrogen and oxygen atoms in total. The monoisotopic (exact) mass is 230 g/mol. The van der Waals surface area contributed by atoms with Gasteiger partial charge in [-0.15, -0.1) is 5.10 Å². The summed E-state index contributed by atoms with van der Waals surface area (Å²) < 4.78 is 1.78. The van der Waals surface area contributed by atoms with E-state index in [1.54, 1.807) is 4.68 Å². The fraction of sp³-hybridized carbons (Fsp3) is 0.385. The van der Waals surface area contributed by atoms with E-state index in [9.17, 15) is 0 Å². The molecular weight excluding hydrogens is 212 g/mol. The number of benzene rings is 1. The van der Waals surface area contributed by atoms with Crippen LogP contribution in [-0.2, 0) is 5.54 Å². The molecule has 0 spiro atoms. The van der Waals surface area contributed by atoms with Crippen molar-refractivity contribution in [2.24, 2.45) is 5.73 Å². The Balaban J connectivity index is 2.48. The summed E-state index contributed by atoms with van der Waals surface area (Å²) in [5, 5.41) is 8.26. The molecule has 1 aromatic carbocycles. The van der Waals surface area contributed by atoms with Gasteiger partial charge in [0, 0.05) is 0 Å². The lowest BCUT2D eigenvalue weighted by molar-refractivity contribution is 0.533. The zero-order chi connectivity index (χ0) is 12.6. The quantitative estimate of drug-likeness (QED) is 0.859. The lowest BCUT2D eigenvalue weighted by Crippen LogP contribution is -2.29. The minimum atomic E-state index is -0.462. The van der Waals surface area contributed by atoms with Gasteiger partial charge in [0.1, 0.15) is 5.69 Å². The smallest absolute Gasteiger partial charge is 0.102 e. The molecule has 0 aliphatic heterocycles. The van der Waals surface area contributed by atoms with Gasteiger partial charge in [-0.3, -0.25) is 0 Å². The minimum Gasteiger partial charge on any atom is -0.320 e. The molecule has 0 atom stereocenters. The molecule has 90 valence electrons. The standard InChI is InChI=1S/C13H18N4/c1-9-6-5-7-11(10(9)2)17-8-12(15-16-17)13(3,4)14/h5-8H,14H2,1-4H3. The summed E-state index contributed by atoms with van der Waals surface area (Å²) in [6.07, 6.45) is 1.89. The zero-order valence-corrected chi connectivity index (χ0v) is 10.7. The summed E-state index contributed by atoms with van der Waals surface area (Å²) in [7, 11) is 0. The Bertz CT molecular complexity index is 535. The lowest BCUT2D eigenvalue weighted by atomic mass is 10.0. The second kappa shape index (κ2) is 3.96. The highest BCUT2D eigenvalue weighted by Crippen LogP contribution is 2.19. The average molecular weight is 230 g/mol. The van der Waals surface area contributed by atoms with Gasteiger partial charge in [-0.25, -0.2) is 4.68 Å². The van der Waals surface area contributed by atoms with Gasteiger partial charge in [-0.05, 0) is 44.9 Å². The molecule has 0 unspecified atom stereocenters. The number of aromatic nitrogens is 3. The predicted molar refractivity (Wildman–Crippen MR) is 68.0 cm³/mol. The van der Waals surface area contributed by atoms with E-state index in [1.807, 2.05) is 32.2 Å². The number of hydrogen-bond acceptors (Lipinski definition) is 3. The van der Waals surface area contributed by atoms with Crippen LogP contribution in [0.2, 0.25) is 0 Å². The number of hydrogen-bond donors (Lipinski definition) is 1. The van der Waals surface area contributed by atoms with Crippen molar-refractivity contribution >= 4 is 0 Å². The topological polar surface area (TPSA) is 56.7 Å². The summed E-state index contributed by atoms with van der Waals surface area (Å²) in [5.41, 5.74) is 9.83. The fourth-order valence-corrected chi connectivity index (χ4v) is 1.66. The molecule has 0 fully saturated rings. The average Bonchev–Trinajstić information content (AvgIpc) is 2.70. The first-order valence-corrected chi connectivity index (χ1v) is 5.68. The van der Waals surface area contributed by atoms with Gasteiger partial charge in [-0.1, -0.05) is 17.3 Å². The third kappa shape index (κ3) is 2.22. The van der Waals surface area contributed by atoms with Gasteiger partial charge in [0.05, 0.1) is 17.4 Å². The molecule has 0 aliphatic rings. The number of nitrogens with two attached hydrogens (primary N) is 1. The van der Waals surface area contributed by atoms with Crippen LogP contribution in [0.4, 0.5) is 0 Å². The fourth-order valence-electron chi connectivity index (χ4n) is 1.66. The molecule has 0 saturated heterocycles. The Morgan fingerprint density at radius 2 is 1.94 bits per heavy atom. The van der Waals surface area contributed by atoms with E-state index < -0.39 is 5.54 Å². The van der Waals surface area contributed by atoms with Crippen molar-refractivity contribution in [1.29, 1.82) is 0 Å². The molecule has 2 rings (SSSR count). The van der Waals surface area contributed by atoms with Crippen LogP contribution in [-0.4, -0.2) is 15.0 Å². The maximum Gasteiger partial charge on any atom is 0.102 e. The SMILES string of the molecule is Cc1cccc(-n2cc(C(C)(C)N)nn2)c1C. The first-order chi connectivity index (χ1) is 7.89. The highest BCUT2D eigenvalue weighted by atomic mass is 15.4. The molecule has 2 aromatic rings. The first-order valence-electron chi connectivity index (χ1n) is 5.68.